The van der Waals surface area contributed by atoms with Crippen LogP contribution in [0, 0.1) is 10.8 Å². The normalized spacial score (nSPS) is 38.3. The molecule has 2 atom stereocenters. The Morgan fingerprint density at radius 2 is 2.00 bits per heavy atom. The third-order valence-corrected chi connectivity index (χ3v) is 5.16. The van der Waals surface area contributed by atoms with Crippen LogP contribution in [0.5, 0.6) is 0 Å². The van der Waals surface area contributed by atoms with Crippen LogP contribution in [-0.2, 0) is 13.8 Å². The summed E-state index contributed by atoms with van der Waals surface area (Å²) in [7, 11) is 1.88. The van der Waals surface area contributed by atoms with Crippen molar-refractivity contribution in [3.63, 3.8) is 0 Å². The predicted molar refractivity (Wildman–Crippen MR) is 64.1 cm³/mol. The van der Waals surface area contributed by atoms with Gasteiger partial charge in [-0.1, -0.05) is 13.8 Å². The highest BCUT2D eigenvalue weighted by atomic mass is 35.7. The van der Waals surface area contributed by atoms with E-state index in [4.69, 9.17) is 15.4 Å². The van der Waals surface area contributed by atoms with E-state index in [1.807, 2.05) is 0 Å². The molecule has 3 nitrogen and oxygen atoms in total. The Hall–Kier alpha value is 0.200. The molecule has 5 heteroatoms. The van der Waals surface area contributed by atoms with Gasteiger partial charge in [-0.25, -0.2) is 8.42 Å². The lowest BCUT2D eigenvalue weighted by Gasteiger charge is -2.30. The Kier molecular flexibility index (Phi) is 3.05. The van der Waals surface area contributed by atoms with Gasteiger partial charge in [0, 0.05) is 22.7 Å². The molecule has 0 aromatic heterocycles. The molecule has 1 heterocycles. The molecule has 2 rings (SSSR count). The van der Waals surface area contributed by atoms with Gasteiger partial charge in [0.05, 0.1) is 11.9 Å². The average Bonchev–Trinajstić information content (AvgIpc) is 2.56. The highest BCUT2D eigenvalue weighted by Gasteiger charge is 2.52. The minimum absolute atomic E-state index is 0.0371. The Morgan fingerprint density at radius 3 is 2.50 bits per heavy atom. The van der Waals surface area contributed by atoms with E-state index in [0.29, 0.717) is 12.0 Å². The van der Waals surface area contributed by atoms with Crippen molar-refractivity contribution in [1.29, 1.82) is 0 Å². The van der Waals surface area contributed by atoms with E-state index < -0.39 is 9.05 Å². The van der Waals surface area contributed by atoms with Gasteiger partial charge in [-0.3, -0.25) is 0 Å². The van der Waals surface area contributed by atoms with Crippen molar-refractivity contribution >= 4 is 19.7 Å². The van der Waals surface area contributed by atoms with E-state index in [-0.39, 0.29) is 17.3 Å². The fraction of sp³-hybridized carbons (Fsp3) is 1.00. The van der Waals surface area contributed by atoms with E-state index >= 15 is 0 Å². The van der Waals surface area contributed by atoms with Crippen LogP contribution >= 0.6 is 10.7 Å². The van der Waals surface area contributed by atoms with Crippen LogP contribution in [0.25, 0.3) is 0 Å². The Labute approximate surface area is 102 Å². The van der Waals surface area contributed by atoms with E-state index in [2.05, 4.69) is 13.8 Å². The number of hydrogen-bond acceptors (Lipinski definition) is 3. The van der Waals surface area contributed by atoms with Crippen LogP contribution in [0.4, 0.5) is 0 Å². The second kappa shape index (κ2) is 3.85. The standard InChI is InChI=1S/C11H19ClO3S/c1-10(2)3-4-11(8-10)5-6-15-9(11)7-16(12,13)14/h9H,3-8H2,1-2H3. The first-order valence-corrected chi connectivity index (χ1v) is 8.24. The number of rotatable bonds is 2. The Bertz CT molecular complexity index is 377. The van der Waals surface area contributed by atoms with Gasteiger partial charge in [-0.05, 0) is 31.1 Å². The van der Waals surface area contributed by atoms with Crippen molar-refractivity contribution in [2.75, 3.05) is 12.4 Å². The largest absolute Gasteiger partial charge is 0.377 e. The maximum atomic E-state index is 11.2. The van der Waals surface area contributed by atoms with E-state index in [1.165, 1.54) is 0 Å². The third-order valence-electron chi connectivity index (χ3n) is 4.08. The molecule has 1 saturated carbocycles. The molecule has 1 saturated heterocycles. The maximum Gasteiger partial charge on any atom is 0.235 e. The molecule has 0 bridgehead atoms. The van der Waals surface area contributed by atoms with E-state index in [0.717, 1.165) is 25.7 Å². The summed E-state index contributed by atoms with van der Waals surface area (Å²) in [6.07, 6.45) is 4.05. The van der Waals surface area contributed by atoms with E-state index in [1.54, 1.807) is 0 Å². The molecule has 16 heavy (non-hydrogen) atoms. The highest BCUT2D eigenvalue weighted by Crippen LogP contribution is 2.56. The smallest absolute Gasteiger partial charge is 0.235 e. The Balaban J connectivity index is 2.15. The van der Waals surface area contributed by atoms with Gasteiger partial charge in [-0.2, -0.15) is 0 Å². The summed E-state index contributed by atoms with van der Waals surface area (Å²) < 4.78 is 27.9. The molecule has 0 aromatic rings. The topological polar surface area (TPSA) is 43.4 Å². The minimum Gasteiger partial charge on any atom is -0.377 e. The van der Waals surface area contributed by atoms with Crippen LogP contribution in [-0.4, -0.2) is 26.9 Å². The third kappa shape index (κ3) is 2.54. The SMILES string of the molecule is CC1(C)CCC2(CCOC2CS(=O)(=O)Cl)C1. The van der Waals surface area contributed by atoms with Gasteiger partial charge in [0.25, 0.3) is 0 Å². The zero-order chi connectivity index (χ0) is 12.0. The van der Waals surface area contributed by atoms with Crippen molar-refractivity contribution in [3.05, 3.63) is 0 Å². The van der Waals surface area contributed by atoms with E-state index in [9.17, 15) is 8.42 Å². The summed E-state index contributed by atoms with van der Waals surface area (Å²) in [5, 5.41) is 0. The van der Waals surface area contributed by atoms with Gasteiger partial charge in [0.15, 0.2) is 0 Å². The fourth-order valence-electron chi connectivity index (χ4n) is 3.35. The highest BCUT2D eigenvalue weighted by molar-refractivity contribution is 8.13. The number of hydrogen-bond donors (Lipinski definition) is 0. The number of ether oxygens (including phenoxy) is 1. The monoisotopic (exact) mass is 266 g/mol. The molecular weight excluding hydrogens is 248 g/mol. The zero-order valence-electron chi connectivity index (χ0n) is 9.83. The first kappa shape index (κ1) is 12.7. The first-order chi connectivity index (χ1) is 7.23. The minimum atomic E-state index is -3.46. The summed E-state index contributed by atoms with van der Waals surface area (Å²) in [6, 6.07) is 0. The molecule has 1 aliphatic carbocycles. The average molecular weight is 267 g/mol. The van der Waals surface area contributed by atoms with Crippen molar-refractivity contribution in [2.45, 2.75) is 45.6 Å². The van der Waals surface area contributed by atoms with Gasteiger partial charge in [0.2, 0.25) is 9.05 Å². The lowest BCUT2D eigenvalue weighted by atomic mass is 9.77. The summed E-state index contributed by atoms with van der Waals surface area (Å²) in [4.78, 5) is 0. The summed E-state index contributed by atoms with van der Waals surface area (Å²) in [5.41, 5.74) is 0.369. The lowest BCUT2D eigenvalue weighted by molar-refractivity contribution is 0.0641. The summed E-state index contributed by atoms with van der Waals surface area (Å²) in [5.74, 6) is -0.0371. The molecule has 2 unspecified atom stereocenters. The van der Waals surface area contributed by atoms with Crippen molar-refractivity contribution < 1.29 is 13.2 Å². The Morgan fingerprint density at radius 1 is 1.31 bits per heavy atom. The van der Waals surface area contributed by atoms with Crippen LogP contribution in [0.15, 0.2) is 0 Å². The first-order valence-electron chi connectivity index (χ1n) is 5.77. The van der Waals surface area contributed by atoms with Crippen LogP contribution in [0.2, 0.25) is 0 Å². The molecule has 0 radical (unpaired) electrons. The van der Waals surface area contributed by atoms with Crippen LogP contribution in [0.1, 0.15) is 39.5 Å². The van der Waals surface area contributed by atoms with Crippen molar-refractivity contribution in [3.8, 4) is 0 Å². The summed E-state index contributed by atoms with van der Waals surface area (Å²) in [6.45, 7) is 5.16. The molecule has 0 amide bonds. The molecule has 0 aromatic carbocycles. The predicted octanol–water partition coefficient (Wildman–Crippen LogP) is 2.54. The van der Waals surface area contributed by atoms with Crippen LogP contribution < -0.4 is 0 Å². The maximum absolute atomic E-state index is 11.2. The molecule has 1 aliphatic heterocycles. The lowest BCUT2D eigenvalue weighted by Crippen LogP contribution is -2.34. The fourth-order valence-corrected chi connectivity index (χ4v) is 4.51. The summed E-state index contributed by atoms with van der Waals surface area (Å²) >= 11 is 0. The zero-order valence-corrected chi connectivity index (χ0v) is 11.4. The van der Waals surface area contributed by atoms with Gasteiger partial charge < -0.3 is 4.74 Å². The van der Waals surface area contributed by atoms with Gasteiger partial charge in [-0.15, -0.1) is 0 Å². The van der Waals surface area contributed by atoms with Crippen molar-refractivity contribution in [1.82, 2.24) is 0 Å². The second-order valence-electron chi connectivity index (χ2n) is 6.02. The second-order valence-corrected chi connectivity index (χ2v) is 8.84. The van der Waals surface area contributed by atoms with Crippen molar-refractivity contribution in [2.24, 2.45) is 10.8 Å². The van der Waals surface area contributed by atoms with Gasteiger partial charge >= 0.3 is 0 Å². The quantitative estimate of drug-likeness (QED) is 0.722. The molecule has 0 N–H and O–H groups in total. The van der Waals surface area contributed by atoms with Crippen LogP contribution in [0.3, 0.4) is 0 Å². The molecule has 1 spiro atoms. The van der Waals surface area contributed by atoms with Gasteiger partial charge in [0.1, 0.15) is 0 Å². The molecule has 2 aliphatic rings. The number of halogens is 1. The molecular formula is C11H19ClO3S. The molecule has 94 valence electrons. The molecule has 2 fully saturated rings.